The summed E-state index contributed by atoms with van der Waals surface area (Å²) in [6, 6.07) is 9.97. The minimum atomic E-state index is -0.268. The lowest BCUT2D eigenvalue weighted by molar-refractivity contribution is -0.114. The molecule has 2 aromatic rings. The highest BCUT2D eigenvalue weighted by Crippen LogP contribution is 2.29. The fourth-order valence-corrected chi connectivity index (χ4v) is 2.51. The van der Waals surface area contributed by atoms with E-state index in [9.17, 15) is 4.79 Å². The molecule has 0 aliphatic rings. The molecule has 0 spiro atoms. The Kier molecular flexibility index (Phi) is 5.59. The third-order valence-corrected chi connectivity index (χ3v) is 3.80. The molecule has 2 aromatic carbocycles. The van der Waals surface area contributed by atoms with Gasteiger partial charge in [0.05, 0.1) is 22.3 Å². The van der Waals surface area contributed by atoms with Crippen molar-refractivity contribution in [2.45, 2.75) is 0 Å². The largest absolute Gasteiger partial charge is 0.376 e. The van der Waals surface area contributed by atoms with Crippen molar-refractivity contribution in [1.82, 2.24) is 0 Å². The van der Waals surface area contributed by atoms with Crippen LogP contribution in [0.3, 0.4) is 0 Å². The smallest absolute Gasteiger partial charge is 0.243 e. The second-order valence-corrected chi connectivity index (χ2v) is 5.82. The van der Waals surface area contributed by atoms with E-state index in [0.717, 1.165) is 0 Å². The molecular formula is C14H10Cl4N2O. The topological polar surface area (TPSA) is 41.1 Å². The van der Waals surface area contributed by atoms with Crippen LogP contribution in [0.15, 0.2) is 36.4 Å². The van der Waals surface area contributed by atoms with Crippen molar-refractivity contribution in [2.75, 3.05) is 17.2 Å². The van der Waals surface area contributed by atoms with Gasteiger partial charge in [0.2, 0.25) is 5.91 Å². The number of nitrogens with one attached hydrogen (secondary N) is 2. The van der Waals surface area contributed by atoms with Gasteiger partial charge >= 0.3 is 0 Å². The van der Waals surface area contributed by atoms with Crippen LogP contribution in [0.25, 0.3) is 0 Å². The maximum atomic E-state index is 11.9. The molecule has 2 N–H and O–H groups in total. The van der Waals surface area contributed by atoms with Crippen LogP contribution in [0.5, 0.6) is 0 Å². The maximum absolute atomic E-state index is 11.9. The van der Waals surface area contributed by atoms with Gasteiger partial charge in [-0.1, -0.05) is 52.5 Å². The Balaban J connectivity index is 1.97. The number of hydrogen-bond acceptors (Lipinski definition) is 2. The maximum Gasteiger partial charge on any atom is 0.243 e. The highest BCUT2D eigenvalue weighted by Gasteiger charge is 2.08. The molecule has 0 saturated carbocycles. The molecule has 0 bridgehead atoms. The fourth-order valence-electron chi connectivity index (χ4n) is 1.63. The van der Waals surface area contributed by atoms with Crippen LogP contribution in [0.4, 0.5) is 11.4 Å². The second kappa shape index (κ2) is 7.23. The fraction of sp³-hybridized carbons (Fsp3) is 0.0714. The molecule has 7 heteroatoms. The van der Waals surface area contributed by atoms with Crippen LogP contribution >= 0.6 is 46.4 Å². The summed E-state index contributed by atoms with van der Waals surface area (Å²) in [4.78, 5) is 11.9. The predicted octanol–water partition coefficient (Wildman–Crippen LogP) is 5.35. The van der Waals surface area contributed by atoms with Crippen molar-refractivity contribution in [3.8, 4) is 0 Å². The molecular weight excluding hydrogens is 354 g/mol. The molecule has 21 heavy (non-hydrogen) atoms. The quantitative estimate of drug-likeness (QED) is 0.768. The first-order chi connectivity index (χ1) is 9.95. The summed E-state index contributed by atoms with van der Waals surface area (Å²) >= 11 is 23.6. The molecule has 3 nitrogen and oxygen atoms in total. The van der Waals surface area contributed by atoms with E-state index in [4.69, 9.17) is 46.4 Å². The van der Waals surface area contributed by atoms with E-state index in [1.54, 1.807) is 36.4 Å². The second-order valence-electron chi connectivity index (χ2n) is 4.16. The van der Waals surface area contributed by atoms with Gasteiger partial charge in [0.25, 0.3) is 0 Å². The monoisotopic (exact) mass is 362 g/mol. The van der Waals surface area contributed by atoms with Gasteiger partial charge < -0.3 is 10.6 Å². The lowest BCUT2D eigenvalue weighted by Crippen LogP contribution is -2.21. The van der Waals surface area contributed by atoms with Gasteiger partial charge in [0, 0.05) is 15.7 Å². The normalized spacial score (nSPS) is 10.3. The molecule has 1 amide bonds. The molecule has 110 valence electrons. The predicted molar refractivity (Wildman–Crippen MR) is 90.0 cm³/mol. The zero-order valence-corrected chi connectivity index (χ0v) is 13.6. The highest BCUT2D eigenvalue weighted by molar-refractivity contribution is 6.44. The third kappa shape index (κ3) is 4.68. The van der Waals surface area contributed by atoms with Crippen LogP contribution in [-0.4, -0.2) is 12.5 Å². The number of anilines is 2. The van der Waals surface area contributed by atoms with Crippen molar-refractivity contribution >= 4 is 63.7 Å². The summed E-state index contributed by atoms with van der Waals surface area (Å²) in [5.74, 6) is -0.268. The minimum absolute atomic E-state index is 0.0412. The van der Waals surface area contributed by atoms with E-state index >= 15 is 0 Å². The number of rotatable bonds is 4. The Morgan fingerprint density at radius 1 is 1.00 bits per heavy atom. The van der Waals surface area contributed by atoms with E-state index in [2.05, 4.69) is 10.6 Å². The molecule has 0 unspecified atom stereocenters. The number of halogens is 4. The molecule has 0 radical (unpaired) electrons. The van der Waals surface area contributed by atoms with Crippen LogP contribution in [0, 0.1) is 0 Å². The highest BCUT2D eigenvalue weighted by atomic mass is 35.5. The van der Waals surface area contributed by atoms with Crippen molar-refractivity contribution < 1.29 is 4.79 Å². The number of hydrogen-bond donors (Lipinski definition) is 2. The van der Waals surface area contributed by atoms with Gasteiger partial charge in [-0.05, 0) is 30.3 Å². The van der Waals surface area contributed by atoms with Crippen molar-refractivity contribution in [2.24, 2.45) is 0 Å². The van der Waals surface area contributed by atoms with E-state index in [-0.39, 0.29) is 12.5 Å². The van der Waals surface area contributed by atoms with Gasteiger partial charge in [-0.15, -0.1) is 0 Å². The third-order valence-electron chi connectivity index (χ3n) is 2.54. The Morgan fingerprint density at radius 3 is 2.33 bits per heavy atom. The Hall–Kier alpha value is -1.13. The van der Waals surface area contributed by atoms with Gasteiger partial charge in [-0.25, -0.2) is 0 Å². The Bertz CT molecular complexity index is 656. The molecule has 2 rings (SSSR count). The first-order valence-electron chi connectivity index (χ1n) is 5.89. The van der Waals surface area contributed by atoms with Gasteiger partial charge in [-0.2, -0.15) is 0 Å². The van der Waals surface area contributed by atoms with E-state index < -0.39 is 0 Å². The van der Waals surface area contributed by atoms with E-state index in [0.29, 0.717) is 31.5 Å². The summed E-state index contributed by atoms with van der Waals surface area (Å²) in [6.45, 7) is 0.0412. The van der Waals surface area contributed by atoms with E-state index in [1.807, 2.05) is 0 Å². The van der Waals surface area contributed by atoms with Crippen LogP contribution < -0.4 is 10.6 Å². The molecule has 0 aliphatic heterocycles. The van der Waals surface area contributed by atoms with Crippen molar-refractivity contribution in [1.29, 1.82) is 0 Å². The van der Waals surface area contributed by atoms with Gasteiger partial charge in [0.1, 0.15) is 0 Å². The number of carbonyl (C=O) groups is 1. The van der Waals surface area contributed by atoms with Crippen LogP contribution in [0.2, 0.25) is 20.1 Å². The SMILES string of the molecule is O=C(CNc1cc(Cl)cc(Cl)c1)Nc1cccc(Cl)c1Cl. The lowest BCUT2D eigenvalue weighted by atomic mass is 10.3. The number of benzene rings is 2. The van der Waals surface area contributed by atoms with E-state index in [1.165, 1.54) is 0 Å². The lowest BCUT2D eigenvalue weighted by Gasteiger charge is -2.10. The minimum Gasteiger partial charge on any atom is -0.376 e. The van der Waals surface area contributed by atoms with Crippen molar-refractivity contribution in [3.63, 3.8) is 0 Å². The molecule has 0 heterocycles. The zero-order valence-electron chi connectivity index (χ0n) is 10.6. The Labute approximate surface area is 142 Å². The molecule has 0 aliphatic carbocycles. The molecule has 0 atom stereocenters. The zero-order chi connectivity index (χ0) is 15.4. The van der Waals surface area contributed by atoms with Crippen LogP contribution in [-0.2, 0) is 4.79 Å². The average molecular weight is 364 g/mol. The van der Waals surface area contributed by atoms with Gasteiger partial charge in [0.15, 0.2) is 0 Å². The molecule has 0 saturated heterocycles. The first-order valence-corrected chi connectivity index (χ1v) is 7.41. The van der Waals surface area contributed by atoms with Crippen molar-refractivity contribution in [3.05, 3.63) is 56.5 Å². The number of amides is 1. The molecule has 0 fully saturated rings. The average Bonchev–Trinajstić information content (AvgIpc) is 2.41. The number of carbonyl (C=O) groups excluding carboxylic acids is 1. The first kappa shape index (κ1) is 16.2. The standard InChI is InChI=1S/C14H10Cl4N2O/c15-8-4-9(16)6-10(5-8)19-7-13(21)20-12-3-1-2-11(17)14(12)18/h1-6,19H,7H2,(H,20,21). The summed E-state index contributed by atoms with van der Waals surface area (Å²) in [5, 5.41) is 7.25. The van der Waals surface area contributed by atoms with Crippen LogP contribution in [0.1, 0.15) is 0 Å². The van der Waals surface area contributed by atoms with Gasteiger partial charge in [-0.3, -0.25) is 4.79 Å². The summed E-state index contributed by atoms with van der Waals surface area (Å²) in [6.07, 6.45) is 0. The Morgan fingerprint density at radius 2 is 1.67 bits per heavy atom. The summed E-state index contributed by atoms with van der Waals surface area (Å²) < 4.78 is 0. The summed E-state index contributed by atoms with van der Waals surface area (Å²) in [7, 11) is 0. The summed E-state index contributed by atoms with van der Waals surface area (Å²) in [5.41, 5.74) is 1.11. The molecule has 0 aromatic heterocycles.